The zero-order valence-corrected chi connectivity index (χ0v) is 15.1. The largest absolute Gasteiger partial charge is 0.345 e. The zero-order valence-electron chi connectivity index (χ0n) is 14.3. The van der Waals surface area contributed by atoms with Crippen LogP contribution in [0.15, 0.2) is 59.8 Å². The third-order valence-electron chi connectivity index (χ3n) is 4.28. The van der Waals surface area contributed by atoms with Gasteiger partial charge in [-0.25, -0.2) is 13.8 Å². The minimum absolute atomic E-state index is 0.0524. The molecule has 2 aromatic heterocycles. The van der Waals surface area contributed by atoms with E-state index < -0.39 is 23.0 Å². The molecule has 0 bridgehead atoms. The molecular weight excluding hydrogens is 368 g/mol. The van der Waals surface area contributed by atoms with E-state index in [1.807, 2.05) is 25.2 Å². The van der Waals surface area contributed by atoms with Crippen LogP contribution in [-0.2, 0) is 0 Å². The first-order valence-corrected chi connectivity index (χ1v) is 9.14. The van der Waals surface area contributed by atoms with Gasteiger partial charge in [-0.3, -0.25) is 4.79 Å². The fourth-order valence-corrected chi connectivity index (χ4v) is 3.73. The predicted octanol–water partition coefficient (Wildman–Crippen LogP) is 5.22. The quantitative estimate of drug-likeness (QED) is 0.468. The third kappa shape index (κ3) is 3.26. The van der Waals surface area contributed by atoms with Crippen molar-refractivity contribution in [3.63, 3.8) is 0 Å². The van der Waals surface area contributed by atoms with E-state index in [0.717, 1.165) is 11.0 Å². The van der Waals surface area contributed by atoms with Gasteiger partial charge in [-0.2, -0.15) is 0 Å². The summed E-state index contributed by atoms with van der Waals surface area (Å²) in [7, 11) is 0. The molecule has 2 heterocycles. The first-order chi connectivity index (χ1) is 13.0. The number of aromatic amines is 1. The van der Waals surface area contributed by atoms with E-state index >= 15 is 0 Å². The molecular formula is C20H15F2N3OS. The van der Waals surface area contributed by atoms with Crippen LogP contribution in [0, 0.1) is 17.6 Å². The number of allylic oxidation sites excluding steroid dienone is 3. The van der Waals surface area contributed by atoms with Crippen LogP contribution in [0.5, 0.6) is 0 Å². The minimum Gasteiger partial charge on any atom is -0.345 e. The Balaban J connectivity index is 1.67. The number of halogens is 2. The Bertz CT molecular complexity index is 1100. The number of fused-ring (bicyclic) bond motifs is 1. The lowest BCUT2D eigenvalue weighted by Gasteiger charge is -2.10. The molecule has 0 spiro atoms. The van der Waals surface area contributed by atoms with E-state index in [9.17, 15) is 13.6 Å². The summed E-state index contributed by atoms with van der Waals surface area (Å²) >= 11 is 1.22. The number of carbonyl (C=O) groups excluding carboxylic acids is 1. The lowest BCUT2D eigenvalue weighted by Crippen LogP contribution is -2.09. The van der Waals surface area contributed by atoms with E-state index in [2.05, 4.69) is 14.7 Å². The average molecular weight is 383 g/mol. The number of carbonyl (C=O) groups is 1. The molecule has 1 atom stereocenters. The molecule has 27 heavy (non-hydrogen) atoms. The Hall–Kier alpha value is -2.93. The molecule has 0 aliphatic heterocycles. The highest BCUT2D eigenvalue weighted by atomic mass is 32.2. The van der Waals surface area contributed by atoms with Crippen molar-refractivity contribution < 1.29 is 13.6 Å². The Morgan fingerprint density at radius 3 is 2.93 bits per heavy atom. The Labute approximate surface area is 158 Å². The van der Waals surface area contributed by atoms with Crippen molar-refractivity contribution in [1.29, 1.82) is 0 Å². The molecule has 136 valence electrons. The Morgan fingerprint density at radius 2 is 2.15 bits per heavy atom. The van der Waals surface area contributed by atoms with Gasteiger partial charge in [0.2, 0.25) is 5.78 Å². The number of H-pyrrole nitrogens is 1. The average Bonchev–Trinajstić information content (AvgIpc) is 3.27. The summed E-state index contributed by atoms with van der Waals surface area (Å²) in [6.45, 7) is 2.04. The summed E-state index contributed by atoms with van der Waals surface area (Å²) in [5, 5.41) is 0.518. The zero-order chi connectivity index (χ0) is 19.0. The number of benzene rings is 1. The number of ketones is 1. The van der Waals surface area contributed by atoms with Crippen LogP contribution in [0.4, 0.5) is 14.5 Å². The summed E-state index contributed by atoms with van der Waals surface area (Å²) in [4.78, 5) is 20.7. The highest BCUT2D eigenvalue weighted by molar-refractivity contribution is 8.04. The van der Waals surface area contributed by atoms with Gasteiger partial charge in [-0.15, -0.1) is 0 Å². The number of nitrogens with one attached hydrogen (secondary N) is 2. The number of anilines is 1. The van der Waals surface area contributed by atoms with Gasteiger partial charge in [0.25, 0.3) is 0 Å². The van der Waals surface area contributed by atoms with Crippen molar-refractivity contribution in [2.75, 3.05) is 4.72 Å². The molecule has 0 amide bonds. The van der Waals surface area contributed by atoms with Crippen molar-refractivity contribution in [1.82, 2.24) is 9.97 Å². The lowest BCUT2D eigenvalue weighted by atomic mass is 10.0. The molecule has 0 fully saturated rings. The summed E-state index contributed by atoms with van der Waals surface area (Å²) in [6, 6.07) is 5.72. The van der Waals surface area contributed by atoms with Gasteiger partial charge in [0.15, 0.2) is 5.82 Å². The molecule has 7 heteroatoms. The predicted molar refractivity (Wildman–Crippen MR) is 103 cm³/mol. The molecule has 2 N–H and O–H groups in total. The van der Waals surface area contributed by atoms with Crippen LogP contribution >= 0.6 is 11.9 Å². The molecule has 1 aliphatic rings. The second-order valence-corrected chi connectivity index (χ2v) is 7.09. The Kier molecular flexibility index (Phi) is 4.53. The van der Waals surface area contributed by atoms with Crippen molar-refractivity contribution in [3.8, 4) is 0 Å². The third-order valence-corrected chi connectivity index (χ3v) is 5.11. The number of pyridine rings is 1. The van der Waals surface area contributed by atoms with Crippen molar-refractivity contribution >= 4 is 34.5 Å². The van der Waals surface area contributed by atoms with Crippen molar-refractivity contribution in [3.05, 3.63) is 82.6 Å². The first-order valence-electron chi connectivity index (χ1n) is 8.32. The fraction of sp³-hybridized carbons (Fsp3) is 0.100. The topological polar surface area (TPSA) is 57.8 Å². The maximum atomic E-state index is 14.9. The minimum atomic E-state index is -0.915. The van der Waals surface area contributed by atoms with Crippen LogP contribution in [0.1, 0.15) is 22.8 Å². The molecule has 0 saturated carbocycles. The Morgan fingerprint density at radius 1 is 1.30 bits per heavy atom. The van der Waals surface area contributed by atoms with Crippen LogP contribution in [0.3, 0.4) is 0 Å². The summed E-state index contributed by atoms with van der Waals surface area (Å²) in [6.07, 6.45) is 8.95. The highest BCUT2D eigenvalue weighted by Gasteiger charge is 2.24. The van der Waals surface area contributed by atoms with E-state index in [-0.39, 0.29) is 11.3 Å². The van der Waals surface area contributed by atoms with Gasteiger partial charge >= 0.3 is 0 Å². The molecule has 4 rings (SSSR count). The molecule has 1 aromatic carbocycles. The summed E-state index contributed by atoms with van der Waals surface area (Å²) in [5.74, 6) is -2.23. The molecule has 3 aromatic rings. The number of rotatable bonds is 5. The van der Waals surface area contributed by atoms with Gasteiger partial charge in [0, 0.05) is 28.2 Å². The van der Waals surface area contributed by atoms with E-state index in [4.69, 9.17) is 0 Å². The number of hydrogen-bond acceptors (Lipinski definition) is 4. The number of hydrogen-bond donors (Lipinski definition) is 2. The molecule has 0 saturated heterocycles. The van der Waals surface area contributed by atoms with Crippen LogP contribution in [-0.4, -0.2) is 15.8 Å². The van der Waals surface area contributed by atoms with Crippen molar-refractivity contribution in [2.45, 2.75) is 6.92 Å². The van der Waals surface area contributed by atoms with E-state index in [1.165, 1.54) is 24.2 Å². The van der Waals surface area contributed by atoms with Gasteiger partial charge in [-0.05, 0) is 42.1 Å². The van der Waals surface area contributed by atoms with Gasteiger partial charge in [0.05, 0.1) is 11.3 Å². The smallest absolute Gasteiger partial charge is 0.201 e. The number of aromatic nitrogens is 2. The maximum Gasteiger partial charge on any atom is 0.201 e. The lowest BCUT2D eigenvalue weighted by molar-refractivity contribution is 0.103. The van der Waals surface area contributed by atoms with E-state index in [1.54, 1.807) is 18.3 Å². The van der Waals surface area contributed by atoms with E-state index in [0.29, 0.717) is 17.0 Å². The maximum absolute atomic E-state index is 14.9. The van der Waals surface area contributed by atoms with Crippen LogP contribution in [0.2, 0.25) is 0 Å². The molecule has 4 nitrogen and oxygen atoms in total. The fourth-order valence-electron chi connectivity index (χ4n) is 2.92. The normalized spacial score (nSPS) is 16.0. The van der Waals surface area contributed by atoms with Gasteiger partial charge in [0.1, 0.15) is 11.5 Å². The second-order valence-electron chi connectivity index (χ2n) is 6.21. The second kappa shape index (κ2) is 7.00. The first kappa shape index (κ1) is 17.5. The molecule has 1 aliphatic carbocycles. The van der Waals surface area contributed by atoms with Gasteiger partial charge in [-0.1, -0.05) is 25.2 Å². The molecule has 1 unspecified atom stereocenters. The van der Waals surface area contributed by atoms with Crippen LogP contribution in [0.25, 0.3) is 11.0 Å². The number of nitrogens with zero attached hydrogens (tertiary/aromatic N) is 1. The SMILES string of the molecule is CC1C=CC(SNc2ccc(F)c(C(=O)c3c[nH]c4ncccc34)c2F)=C1. The van der Waals surface area contributed by atoms with Crippen molar-refractivity contribution in [2.24, 2.45) is 5.92 Å². The summed E-state index contributed by atoms with van der Waals surface area (Å²) < 4.78 is 32.1. The van der Waals surface area contributed by atoms with Gasteiger partial charge < -0.3 is 9.71 Å². The monoisotopic (exact) mass is 383 g/mol. The van der Waals surface area contributed by atoms with Crippen LogP contribution < -0.4 is 4.72 Å². The standard InChI is InChI=1S/C20H15F2N3OS/c1-11-4-5-12(9-11)27-25-16-7-6-15(21)17(18(16)22)19(26)14-10-24-20-13(14)3-2-8-23-20/h2-11,25H,1H3,(H,23,24). The molecule has 0 radical (unpaired) electrons. The summed E-state index contributed by atoms with van der Waals surface area (Å²) in [5.41, 5.74) is 0.128. The highest BCUT2D eigenvalue weighted by Crippen LogP contribution is 2.31.